The minimum absolute atomic E-state index is 0.101. The van der Waals surface area contributed by atoms with E-state index in [0.29, 0.717) is 18.1 Å². The maximum absolute atomic E-state index is 12.7. The molecule has 1 aliphatic heterocycles. The molecule has 1 aliphatic rings. The third-order valence-electron chi connectivity index (χ3n) is 4.04. The number of amides is 1. The summed E-state index contributed by atoms with van der Waals surface area (Å²) in [6.45, 7) is 1.15. The van der Waals surface area contributed by atoms with E-state index in [4.69, 9.17) is 23.2 Å². The van der Waals surface area contributed by atoms with Gasteiger partial charge in [0.1, 0.15) is 0 Å². The molecule has 2 heterocycles. The number of benzene rings is 1. The van der Waals surface area contributed by atoms with Gasteiger partial charge in [-0.3, -0.25) is 4.79 Å². The lowest BCUT2D eigenvalue weighted by Crippen LogP contribution is -2.50. The van der Waals surface area contributed by atoms with Gasteiger partial charge in [-0.1, -0.05) is 23.2 Å². The molecular formula is C17H16Cl2N2O3S2. The quantitative estimate of drug-likeness (QED) is 0.696. The van der Waals surface area contributed by atoms with Crippen LogP contribution in [0.3, 0.4) is 0 Å². The molecule has 26 heavy (non-hydrogen) atoms. The zero-order valence-corrected chi connectivity index (χ0v) is 16.8. The predicted octanol–water partition coefficient (Wildman–Crippen LogP) is 3.60. The van der Waals surface area contributed by atoms with Gasteiger partial charge in [0.15, 0.2) is 0 Å². The Bertz CT molecular complexity index is 919. The smallest absolute Gasteiger partial charge is 0.246 e. The number of carbonyl (C=O) groups is 1. The standard InChI is InChI=1S/C17H16Cl2N2O3S2/c18-15-3-2-14(11-16(15)19)26(23,24)21-8-6-20(7-9-21)17(22)4-1-13-5-10-25-12-13/h1-5,10-12H,6-9H2/b4-1+. The maximum atomic E-state index is 12.7. The molecule has 1 amide bonds. The molecule has 1 fully saturated rings. The highest BCUT2D eigenvalue weighted by Gasteiger charge is 2.29. The molecule has 1 aromatic carbocycles. The minimum atomic E-state index is -3.66. The second-order valence-electron chi connectivity index (χ2n) is 5.70. The van der Waals surface area contributed by atoms with Gasteiger partial charge in [-0.2, -0.15) is 15.6 Å². The van der Waals surface area contributed by atoms with E-state index in [1.807, 2.05) is 16.8 Å². The summed E-state index contributed by atoms with van der Waals surface area (Å²) >= 11 is 13.3. The number of hydrogen-bond acceptors (Lipinski definition) is 4. The monoisotopic (exact) mass is 430 g/mol. The summed E-state index contributed by atoms with van der Waals surface area (Å²) in [6, 6.07) is 6.17. The number of hydrogen-bond donors (Lipinski definition) is 0. The highest BCUT2D eigenvalue weighted by atomic mass is 35.5. The van der Waals surface area contributed by atoms with Crippen molar-refractivity contribution in [2.75, 3.05) is 26.2 Å². The molecule has 0 radical (unpaired) electrons. The zero-order valence-electron chi connectivity index (χ0n) is 13.6. The molecule has 5 nitrogen and oxygen atoms in total. The van der Waals surface area contributed by atoms with Gasteiger partial charge in [-0.25, -0.2) is 8.42 Å². The Morgan fingerprint density at radius 3 is 2.42 bits per heavy atom. The average Bonchev–Trinajstić information content (AvgIpc) is 3.15. The Labute approximate surface area is 166 Å². The molecule has 1 aromatic heterocycles. The molecule has 3 rings (SSSR count). The molecule has 0 aliphatic carbocycles. The highest BCUT2D eigenvalue weighted by Crippen LogP contribution is 2.27. The van der Waals surface area contributed by atoms with Crippen LogP contribution in [0.25, 0.3) is 6.08 Å². The molecular weight excluding hydrogens is 415 g/mol. The molecule has 9 heteroatoms. The van der Waals surface area contributed by atoms with Crippen LogP contribution in [0.15, 0.2) is 46.0 Å². The lowest BCUT2D eigenvalue weighted by atomic mass is 10.3. The summed E-state index contributed by atoms with van der Waals surface area (Å²) in [4.78, 5) is 14.0. The fraction of sp³-hybridized carbons (Fsp3) is 0.235. The number of rotatable bonds is 4. The van der Waals surface area contributed by atoms with Crippen molar-refractivity contribution in [3.63, 3.8) is 0 Å². The Balaban J connectivity index is 1.64. The SMILES string of the molecule is O=C(/C=C/c1ccsc1)N1CCN(S(=O)(=O)c2ccc(Cl)c(Cl)c2)CC1. The van der Waals surface area contributed by atoms with Gasteiger partial charge in [-0.05, 0) is 46.7 Å². The van der Waals surface area contributed by atoms with Gasteiger partial charge in [0.25, 0.3) is 0 Å². The lowest BCUT2D eigenvalue weighted by molar-refractivity contribution is -0.127. The second-order valence-corrected chi connectivity index (χ2v) is 9.23. The fourth-order valence-electron chi connectivity index (χ4n) is 2.58. The Morgan fingerprint density at radius 1 is 1.08 bits per heavy atom. The first-order valence-corrected chi connectivity index (χ1v) is 11.0. The molecule has 0 unspecified atom stereocenters. The zero-order chi connectivity index (χ0) is 18.7. The van der Waals surface area contributed by atoms with Crippen molar-refractivity contribution >= 4 is 56.5 Å². The first-order chi connectivity index (χ1) is 12.4. The van der Waals surface area contributed by atoms with E-state index in [1.54, 1.807) is 22.3 Å². The second kappa shape index (κ2) is 8.10. The van der Waals surface area contributed by atoms with Crippen LogP contribution < -0.4 is 0 Å². The Hall–Kier alpha value is -1.38. The van der Waals surface area contributed by atoms with Crippen molar-refractivity contribution in [3.8, 4) is 0 Å². The fourth-order valence-corrected chi connectivity index (χ4v) is 5.02. The van der Waals surface area contributed by atoms with Crippen molar-refractivity contribution in [2.24, 2.45) is 0 Å². The molecule has 0 bridgehead atoms. The summed E-state index contributed by atoms with van der Waals surface area (Å²) < 4.78 is 26.8. The Kier molecular flexibility index (Phi) is 6.04. The molecule has 138 valence electrons. The number of carbonyl (C=O) groups excluding carboxylic acids is 1. The minimum Gasteiger partial charge on any atom is -0.337 e. The van der Waals surface area contributed by atoms with Crippen LogP contribution in [0.1, 0.15) is 5.56 Å². The lowest BCUT2D eigenvalue weighted by Gasteiger charge is -2.33. The van der Waals surface area contributed by atoms with Gasteiger partial charge < -0.3 is 4.90 Å². The third kappa shape index (κ3) is 4.29. The largest absolute Gasteiger partial charge is 0.337 e. The van der Waals surface area contributed by atoms with E-state index in [1.165, 1.54) is 28.6 Å². The van der Waals surface area contributed by atoms with E-state index in [0.717, 1.165) is 5.56 Å². The summed E-state index contributed by atoms with van der Waals surface area (Å²) in [7, 11) is -3.66. The summed E-state index contributed by atoms with van der Waals surface area (Å²) in [6.07, 6.45) is 3.28. The molecule has 1 saturated heterocycles. The van der Waals surface area contributed by atoms with Crippen LogP contribution >= 0.6 is 34.5 Å². The average molecular weight is 431 g/mol. The highest BCUT2D eigenvalue weighted by molar-refractivity contribution is 7.89. The van der Waals surface area contributed by atoms with Crippen molar-refractivity contribution in [1.29, 1.82) is 0 Å². The van der Waals surface area contributed by atoms with Crippen LogP contribution in [0, 0.1) is 0 Å². The van der Waals surface area contributed by atoms with E-state index < -0.39 is 10.0 Å². The summed E-state index contributed by atoms with van der Waals surface area (Å²) in [5, 5.41) is 4.39. The van der Waals surface area contributed by atoms with Gasteiger partial charge in [-0.15, -0.1) is 0 Å². The van der Waals surface area contributed by atoms with Crippen LogP contribution in [-0.2, 0) is 14.8 Å². The first kappa shape index (κ1) is 19.4. The topological polar surface area (TPSA) is 57.7 Å². The predicted molar refractivity (Wildman–Crippen MR) is 105 cm³/mol. The van der Waals surface area contributed by atoms with Gasteiger partial charge in [0.05, 0.1) is 14.9 Å². The maximum Gasteiger partial charge on any atom is 0.246 e. The number of piperazine rings is 1. The van der Waals surface area contributed by atoms with Gasteiger partial charge in [0, 0.05) is 32.3 Å². The number of sulfonamides is 1. The Morgan fingerprint density at radius 2 is 1.81 bits per heavy atom. The number of nitrogens with zero attached hydrogens (tertiary/aromatic N) is 2. The van der Waals surface area contributed by atoms with E-state index in [9.17, 15) is 13.2 Å². The summed E-state index contributed by atoms with van der Waals surface area (Å²) in [5.41, 5.74) is 0.976. The van der Waals surface area contributed by atoms with Crippen molar-refractivity contribution in [1.82, 2.24) is 9.21 Å². The van der Waals surface area contributed by atoms with Crippen LogP contribution in [0.2, 0.25) is 10.0 Å². The van der Waals surface area contributed by atoms with Crippen molar-refractivity contribution in [2.45, 2.75) is 4.90 Å². The first-order valence-electron chi connectivity index (χ1n) is 7.82. The van der Waals surface area contributed by atoms with E-state index in [-0.39, 0.29) is 28.9 Å². The normalized spacial score (nSPS) is 16.3. The van der Waals surface area contributed by atoms with Crippen LogP contribution in [0.4, 0.5) is 0 Å². The van der Waals surface area contributed by atoms with Crippen LogP contribution in [-0.4, -0.2) is 49.7 Å². The molecule has 0 N–H and O–H groups in total. The molecule has 0 saturated carbocycles. The van der Waals surface area contributed by atoms with Gasteiger partial charge in [0.2, 0.25) is 15.9 Å². The number of thiophene rings is 1. The molecule has 0 atom stereocenters. The van der Waals surface area contributed by atoms with Crippen molar-refractivity contribution < 1.29 is 13.2 Å². The third-order valence-corrected chi connectivity index (χ3v) is 7.38. The van der Waals surface area contributed by atoms with Crippen LogP contribution in [0.5, 0.6) is 0 Å². The van der Waals surface area contributed by atoms with Crippen molar-refractivity contribution in [3.05, 3.63) is 56.7 Å². The number of halogens is 2. The molecule has 2 aromatic rings. The van der Waals surface area contributed by atoms with E-state index in [2.05, 4.69) is 0 Å². The van der Waals surface area contributed by atoms with E-state index >= 15 is 0 Å². The molecule has 0 spiro atoms. The van der Waals surface area contributed by atoms with Gasteiger partial charge >= 0.3 is 0 Å². The summed E-state index contributed by atoms with van der Waals surface area (Å²) in [5.74, 6) is -0.122.